The number of aromatic nitrogens is 1. The summed E-state index contributed by atoms with van der Waals surface area (Å²) < 4.78 is 0. The van der Waals surface area contributed by atoms with Crippen LogP contribution in [0.2, 0.25) is 0 Å². The van der Waals surface area contributed by atoms with Crippen LogP contribution in [0.4, 0.5) is 0 Å². The molecule has 0 fully saturated rings. The Morgan fingerprint density at radius 3 is 3.07 bits per heavy atom. The second kappa shape index (κ2) is 3.35. The third-order valence-electron chi connectivity index (χ3n) is 2.83. The minimum atomic E-state index is 0.149. The first-order chi connectivity index (χ1) is 7.34. The second-order valence-electron chi connectivity index (χ2n) is 3.84. The van der Waals surface area contributed by atoms with E-state index in [-0.39, 0.29) is 5.78 Å². The minimum absolute atomic E-state index is 0.149. The van der Waals surface area contributed by atoms with Crippen LogP contribution in [0, 0.1) is 0 Å². The van der Waals surface area contributed by atoms with Crippen LogP contribution in [0.25, 0.3) is 0 Å². The van der Waals surface area contributed by atoms with Crippen molar-refractivity contribution in [3.05, 3.63) is 45.4 Å². The van der Waals surface area contributed by atoms with Crippen LogP contribution < -0.4 is 0 Å². The molecule has 0 unspecified atom stereocenters. The predicted octanol–water partition coefficient (Wildman–Crippen LogP) is 2.80. The van der Waals surface area contributed by atoms with Gasteiger partial charge in [-0.2, -0.15) is 0 Å². The van der Waals surface area contributed by atoms with E-state index in [1.165, 1.54) is 16.9 Å². The molecule has 0 aliphatic heterocycles. The third-order valence-corrected chi connectivity index (χ3v) is 4.07. The number of carbonyl (C=O) groups excluding carboxylic acids is 1. The molecule has 0 aromatic carbocycles. The molecule has 0 bridgehead atoms. The second-order valence-corrected chi connectivity index (χ2v) is 4.98. The lowest BCUT2D eigenvalue weighted by Gasteiger charge is -1.92. The normalized spacial score (nSPS) is 14.1. The number of ketones is 1. The Morgan fingerprint density at radius 2 is 2.33 bits per heavy atom. The maximum atomic E-state index is 12.0. The fourth-order valence-corrected chi connectivity index (χ4v) is 3.26. The third kappa shape index (κ3) is 1.43. The predicted molar refractivity (Wildman–Crippen MR) is 60.6 cm³/mol. The summed E-state index contributed by atoms with van der Waals surface area (Å²) in [6.45, 7) is 0. The number of thiophene rings is 1. The Bertz CT molecular complexity index is 474. The van der Waals surface area contributed by atoms with Gasteiger partial charge in [-0.25, -0.2) is 0 Å². The maximum absolute atomic E-state index is 12.0. The van der Waals surface area contributed by atoms with Gasteiger partial charge in [0, 0.05) is 22.8 Å². The van der Waals surface area contributed by atoms with E-state index in [9.17, 15) is 4.79 Å². The molecule has 2 nitrogen and oxygen atoms in total. The van der Waals surface area contributed by atoms with E-state index in [0.29, 0.717) is 0 Å². The van der Waals surface area contributed by atoms with E-state index in [0.717, 1.165) is 23.3 Å². The molecule has 2 aromatic heterocycles. The number of carbonyl (C=O) groups is 1. The summed E-state index contributed by atoms with van der Waals surface area (Å²) in [7, 11) is 0. The van der Waals surface area contributed by atoms with Crippen molar-refractivity contribution in [1.29, 1.82) is 0 Å². The van der Waals surface area contributed by atoms with E-state index in [1.807, 2.05) is 6.07 Å². The summed E-state index contributed by atoms with van der Waals surface area (Å²) in [5, 5.41) is 0. The SMILES string of the molecule is O=C(c1cc[nH]c1)c1cc2c(s1)CCC2. The zero-order chi connectivity index (χ0) is 10.3. The fraction of sp³-hybridized carbons (Fsp3) is 0.250. The molecular formula is C12H11NOS. The van der Waals surface area contributed by atoms with Gasteiger partial charge in [-0.3, -0.25) is 4.79 Å². The molecule has 0 saturated carbocycles. The molecule has 76 valence electrons. The summed E-state index contributed by atoms with van der Waals surface area (Å²) in [4.78, 5) is 17.2. The molecule has 1 N–H and O–H groups in total. The molecule has 1 aliphatic rings. The topological polar surface area (TPSA) is 32.9 Å². The van der Waals surface area contributed by atoms with Crippen molar-refractivity contribution in [3.8, 4) is 0 Å². The van der Waals surface area contributed by atoms with Crippen LogP contribution in [0.5, 0.6) is 0 Å². The van der Waals surface area contributed by atoms with E-state index < -0.39 is 0 Å². The molecule has 0 spiro atoms. The Balaban J connectivity index is 1.97. The van der Waals surface area contributed by atoms with Gasteiger partial charge in [0.1, 0.15) is 0 Å². The lowest BCUT2D eigenvalue weighted by molar-refractivity contribution is 0.104. The highest BCUT2D eigenvalue weighted by atomic mass is 32.1. The maximum Gasteiger partial charge on any atom is 0.204 e. The summed E-state index contributed by atoms with van der Waals surface area (Å²) in [6.07, 6.45) is 7.09. The lowest BCUT2D eigenvalue weighted by atomic mass is 10.1. The van der Waals surface area contributed by atoms with Crippen molar-refractivity contribution in [2.24, 2.45) is 0 Å². The number of aromatic amines is 1. The molecule has 2 aromatic rings. The Hall–Kier alpha value is -1.35. The smallest absolute Gasteiger partial charge is 0.204 e. The van der Waals surface area contributed by atoms with Gasteiger partial charge >= 0.3 is 0 Å². The molecule has 0 saturated heterocycles. The highest BCUT2D eigenvalue weighted by Crippen LogP contribution is 2.31. The molecule has 15 heavy (non-hydrogen) atoms. The number of aryl methyl sites for hydroxylation is 2. The molecule has 3 rings (SSSR count). The van der Waals surface area contributed by atoms with Crippen molar-refractivity contribution in [1.82, 2.24) is 4.98 Å². The van der Waals surface area contributed by atoms with Crippen LogP contribution in [-0.2, 0) is 12.8 Å². The van der Waals surface area contributed by atoms with Gasteiger partial charge in [-0.15, -0.1) is 11.3 Å². The largest absolute Gasteiger partial charge is 0.367 e. The van der Waals surface area contributed by atoms with Gasteiger partial charge in [0.15, 0.2) is 0 Å². The number of rotatable bonds is 2. The first kappa shape index (κ1) is 8.92. The van der Waals surface area contributed by atoms with Crippen LogP contribution in [0.1, 0.15) is 32.1 Å². The lowest BCUT2D eigenvalue weighted by Crippen LogP contribution is -1.96. The zero-order valence-electron chi connectivity index (χ0n) is 8.25. The van der Waals surface area contributed by atoms with Crippen molar-refractivity contribution in [3.63, 3.8) is 0 Å². The Kier molecular flexibility index (Phi) is 1.99. The number of nitrogens with one attached hydrogen (secondary N) is 1. The Morgan fingerprint density at radius 1 is 1.40 bits per heavy atom. The number of hydrogen-bond acceptors (Lipinski definition) is 2. The fourth-order valence-electron chi connectivity index (χ4n) is 2.05. The standard InChI is InChI=1S/C12H11NOS/c14-12(9-4-5-13-7-9)11-6-8-2-1-3-10(8)15-11/h4-7,13H,1-3H2. The molecule has 0 radical (unpaired) electrons. The van der Waals surface area contributed by atoms with Crippen molar-refractivity contribution in [2.45, 2.75) is 19.3 Å². The highest BCUT2D eigenvalue weighted by molar-refractivity contribution is 7.14. The van der Waals surface area contributed by atoms with E-state index in [1.54, 1.807) is 23.7 Å². The molecule has 0 amide bonds. The summed E-state index contributed by atoms with van der Waals surface area (Å²) in [5.41, 5.74) is 2.15. The summed E-state index contributed by atoms with van der Waals surface area (Å²) in [5.74, 6) is 0.149. The van der Waals surface area contributed by atoms with E-state index >= 15 is 0 Å². The zero-order valence-corrected chi connectivity index (χ0v) is 9.06. The number of hydrogen-bond donors (Lipinski definition) is 1. The average Bonchev–Trinajstić information content (AvgIpc) is 2.92. The van der Waals surface area contributed by atoms with Crippen molar-refractivity contribution >= 4 is 17.1 Å². The molecule has 3 heteroatoms. The monoisotopic (exact) mass is 217 g/mol. The van der Waals surface area contributed by atoms with Gasteiger partial charge in [-0.1, -0.05) is 0 Å². The van der Waals surface area contributed by atoms with Crippen LogP contribution in [0.15, 0.2) is 24.5 Å². The van der Waals surface area contributed by atoms with Crippen LogP contribution in [-0.4, -0.2) is 10.8 Å². The minimum Gasteiger partial charge on any atom is -0.367 e. The Labute approximate surface area is 92.0 Å². The van der Waals surface area contributed by atoms with Gasteiger partial charge in [0.2, 0.25) is 5.78 Å². The molecule has 2 heterocycles. The van der Waals surface area contributed by atoms with Gasteiger partial charge in [0.25, 0.3) is 0 Å². The average molecular weight is 217 g/mol. The number of H-pyrrole nitrogens is 1. The van der Waals surface area contributed by atoms with Gasteiger partial charge < -0.3 is 4.98 Å². The molecule has 1 aliphatic carbocycles. The van der Waals surface area contributed by atoms with Crippen molar-refractivity contribution in [2.75, 3.05) is 0 Å². The molecule has 0 atom stereocenters. The molecular weight excluding hydrogens is 206 g/mol. The first-order valence-electron chi connectivity index (χ1n) is 5.13. The van der Waals surface area contributed by atoms with Gasteiger partial charge in [-0.05, 0) is 37.0 Å². The number of fused-ring (bicyclic) bond motifs is 1. The van der Waals surface area contributed by atoms with Crippen molar-refractivity contribution < 1.29 is 4.79 Å². The quantitative estimate of drug-likeness (QED) is 0.771. The summed E-state index contributed by atoms with van der Waals surface area (Å²) in [6, 6.07) is 3.90. The van der Waals surface area contributed by atoms with Crippen LogP contribution in [0.3, 0.4) is 0 Å². The first-order valence-corrected chi connectivity index (χ1v) is 5.95. The highest BCUT2D eigenvalue weighted by Gasteiger charge is 2.19. The van der Waals surface area contributed by atoms with E-state index in [2.05, 4.69) is 11.1 Å². The van der Waals surface area contributed by atoms with E-state index in [4.69, 9.17) is 0 Å². The van der Waals surface area contributed by atoms with Gasteiger partial charge in [0.05, 0.1) is 4.88 Å². The summed E-state index contributed by atoms with van der Waals surface area (Å²) >= 11 is 1.66. The van der Waals surface area contributed by atoms with Crippen LogP contribution >= 0.6 is 11.3 Å².